The minimum absolute atomic E-state index is 0.437. The molecule has 72 valence electrons. The van der Waals surface area contributed by atoms with Crippen LogP contribution in [0.2, 0.25) is 5.15 Å². The van der Waals surface area contributed by atoms with Gasteiger partial charge in [-0.1, -0.05) is 11.6 Å². The van der Waals surface area contributed by atoms with E-state index >= 15 is 0 Å². The Morgan fingerprint density at radius 3 is 3.23 bits per heavy atom. The number of ether oxygens (including phenoxy) is 1. The average Bonchev–Trinajstić information content (AvgIpc) is 2.71. The molecule has 1 aromatic heterocycles. The first-order valence-corrected chi connectivity index (χ1v) is 4.99. The Morgan fingerprint density at radius 2 is 2.62 bits per heavy atom. The van der Waals surface area contributed by atoms with Gasteiger partial charge in [0.05, 0.1) is 12.8 Å². The van der Waals surface area contributed by atoms with Crippen LogP contribution in [-0.2, 0) is 11.3 Å². The van der Waals surface area contributed by atoms with Gasteiger partial charge in [-0.05, 0) is 13.3 Å². The SMILES string of the molecule is CCn1c(Cl)cnc1C1CCOC1. The summed E-state index contributed by atoms with van der Waals surface area (Å²) < 4.78 is 7.37. The van der Waals surface area contributed by atoms with Gasteiger partial charge in [0, 0.05) is 19.1 Å². The molecule has 1 saturated heterocycles. The first-order chi connectivity index (χ1) is 6.33. The number of halogens is 1. The number of hydrogen-bond donors (Lipinski definition) is 0. The number of rotatable bonds is 2. The van der Waals surface area contributed by atoms with Gasteiger partial charge in [-0.2, -0.15) is 0 Å². The highest BCUT2D eigenvalue weighted by molar-refractivity contribution is 6.29. The molecule has 0 bridgehead atoms. The second kappa shape index (κ2) is 3.68. The minimum atomic E-state index is 0.437. The summed E-state index contributed by atoms with van der Waals surface area (Å²) in [6.45, 7) is 4.59. The van der Waals surface area contributed by atoms with E-state index in [9.17, 15) is 0 Å². The van der Waals surface area contributed by atoms with E-state index < -0.39 is 0 Å². The fourth-order valence-corrected chi connectivity index (χ4v) is 2.00. The third-order valence-electron chi connectivity index (χ3n) is 2.45. The summed E-state index contributed by atoms with van der Waals surface area (Å²) in [5.74, 6) is 1.51. The standard InChI is InChI=1S/C9H13ClN2O/c1-2-12-8(10)5-11-9(12)7-3-4-13-6-7/h5,7H,2-4,6H2,1H3. The predicted octanol–water partition coefficient (Wildman–Crippen LogP) is 2.06. The molecule has 1 aromatic rings. The Labute approximate surface area is 82.7 Å². The van der Waals surface area contributed by atoms with Gasteiger partial charge >= 0.3 is 0 Å². The second-order valence-electron chi connectivity index (χ2n) is 3.24. The molecule has 1 aliphatic heterocycles. The van der Waals surface area contributed by atoms with Crippen LogP contribution in [0.25, 0.3) is 0 Å². The number of hydrogen-bond acceptors (Lipinski definition) is 2. The maximum atomic E-state index is 5.98. The van der Waals surface area contributed by atoms with Gasteiger partial charge in [-0.25, -0.2) is 4.98 Å². The molecule has 0 N–H and O–H groups in total. The smallest absolute Gasteiger partial charge is 0.128 e. The van der Waals surface area contributed by atoms with Crippen molar-refractivity contribution in [1.29, 1.82) is 0 Å². The molecule has 1 atom stereocenters. The van der Waals surface area contributed by atoms with Gasteiger partial charge in [-0.3, -0.25) is 0 Å². The summed E-state index contributed by atoms with van der Waals surface area (Å²) >= 11 is 5.98. The van der Waals surface area contributed by atoms with Crippen molar-refractivity contribution in [3.05, 3.63) is 17.2 Å². The molecular formula is C9H13ClN2O. The Balaban J connectivity index is 2.27. The predicted molar refractivity (Wildman–Crippen MR) is 51.1 cm³/mol. The quantitative estimate of drug-likeness (QED) is 0.731. The first-order valence-electron chi connectivity index (χ1n) is 4.61. The molecule has 0 amide bonds. The Kier molecular flexibility index (Phi) is 2.56. The number of aromatic nitrogens is 2. The van der Waals surface area contributed by atoms with E-state index in [2.05, 4.69) is 11.9 Å². The van der Waals surface area contributed by atoms with Gasteiger partial charge in [0.1, 0.15) is 11.0 Å². The van der Waals surface area contributed by atoms with Crippen molar-refractivity contribution < 1.29 is 4.74 Å². The molecule has 3 nitrogen and oxygen atoms in total. The van der Waals surface area contributed by atoms with Crippen molar-refractivity contribution in [3.8, 4) is 0 Å². The number of imidazole rings is 1. The summed E-state index contributed by atoms with van der Waals surface area (Å²) in [6, 6.07) is 0. The molecule has 0 saturated carbocycles. The van der Waals surface area contributed by atoms with Crippen LogP contribution < -0.4 is 0 Å². The fraction of sp³-hybridized carbons (Fsp3) is 0.667. The van der Waals surface area contributed by atoms with Crippen molar-refractivity contribution >= 4 is 11.6 Å². The molecule has 1 aliphatic rings. The number of nitrogens with zero attached hydrogens (tertiary/aromatic N) is 2. The average molecular weight is 201 g/mol. The molecule has 2 rings (SSSR count). The summed E-state index contributed by atoms with van der Waals surface area (Å²) in [4.78, 5) is 4.32. The molecular weight excluding hydrogens is 188 g/mol. The van der Waals surface area contributed by atoms with Crippen LogP contribution >= 0.6 is 11.6 Å². The van der Waals surface area contributed by atoms with Crippen molar-refractivity contribution in [1.82, 2.24) is 9.55 Å². The lowest BCUT2D eigenvalue weighted by Gasteiger charge is -2.09. The van der Waals surface area contributed by atoms with Crippen molar-refractivity contribution in [2.24, 2.45) is 0 Å². The van der Waals surface area contributed by atoms with Gasteiger partial charge in [0.25, 0.3) is 0 Å². The third kappa shape index (κ3) is 1.58. The second-order valence-corrected chi connectivity index (χ2v) is 3.63. The van der Waals surface area contributed by atoms with Gasteiger partial charge < -0.3 is 9.30 Å². The summed E-state index contributed by atoms with van der Waals surface area (Å²) in [5.41, 5.74) is 0. The molecule has 1 unspecified atom stereocenters. The zero-order chi connectivity index (χ0) is 9.26. The topological polar surface area (TPSA) is 27.1 Å². The molecule has 4 heteroatoms. The fourth-order valence-electron chi connectivity index (χ4n) is 1.75. The Hall–Kier alpha value is -0.540. The van der Waals surface area contributed by atoms with E-state index in [4.69, 9.17) is 16.3 Å². The van der Waals surface area contributed by atoms with Crippen LogP contribution in [0, 0.1) is 0 Å². The zero-order valence-electron chi connectivity index (χ0n) is 7.66. The van der Waals surface area contributed by atoms with Gasteiger partial charge in [0.2, 0.25) is 0 Å². The molecule has 0 radical (unpaired) electrons. The normalized spacial score (nSPS) is 22.5. The van der Waals surface area contributed by atoms with Crippen molar-refractivity contribution in [2.45, 2.75) is 25.8 Å². The van der Waals surface area contributed by atoms with E-state index in [1.165, 1.54) is 0 Å². The molecule has 0 aromatic carbocycles. The molecule has 1 fully saturated rings. The maximum Gasteiger partial charge on any atom is 0.128 e. The van der Waals surface area contributed by atoms with Crippen LogP contribution in [0.15, 0.2) is 6.20 Å². The van der Waals surface area contributed by atoms with E-state index in [0.717, 1.165) is 37.2 Å². The molecule has 0 spiro atoms. The highest BCUT2D eigenvalue weighted by Gasteiger charge is 2.22. The first kappa shape index (κ1) is 9.03. The molecule has 0 aliphatic carbocycles. The Morgan fingerprint density at radius 1 is 1.77 bits per heavy atom. The summed E-state index contributed by atoms with van der Waals surface area (Å²) in [5, 5.41) is 0.726. The maximum absolute atomic E-state index is 5.98. The van der Waals surface area contributed by atoms with Crippen molar-refractivity contribution in [3.63, 3.8) is 0 Å². The van der Waals surface area contributed by atoms with E-state index in [1.807, 2.05) is 4.57 Å². The van der Waals surface area contributed by atoms with Crippen LogP contribution in [0.1, 0.15) is 25.1 Å². The van der Waals surface area contributed by atoms with E-state index in [1.54, 1.807) is 6.20 Å². The van der Waals surface area contributed by atoms with E-state index in [-0.39, 0.29) is 0 Å². The van der Waals surface area contributed by atoms with Crippen LogP contribution in [-0.4, -0.2) is 22.8 Å². The highest BCUT2D eigenvalue weighted by atomic mass is 35.5. The zero-order valence-corrected chi connectivity index (χ0v) is 8.42. The molecule has 2 heterocycles. The summed E-state index contributed by atoms with van der Waals surface area (Å²) in [6.07, 6.45) is 2.78. The molecule has 13 heavy (non-hydrogen) atoms. The monoisotopic (exact) mass is 200 g/mol. The lowest BCUT2D eigenvalue weighted by molar-refractivity contribution is 0.192. The van der Waals surface area contributed by atoms with Gasteiger partial charge in [-0.15, -0.1) is 0 Å². The Bertz CT molecular complexity index is 292. The largest absolute Gasteiger partial charge is 0.381 e. The van der Waals surface area contributed by atoms with Crippen molar-refractivity contribution in [2.75, 3.05) is 13.2 Å². The summed E-state index contributed by atoms with van der Waals surface area (Å²) in [7, 11) is 0. The highest BCUT2D eigenvalue weighted by Crippen LogP contribution is 2.26. The van der Waals surface area contributed by atoms with Crippen LogP contribution in [0.4, 0.5) is 0 Å². The van der Waals surface area contributed by atoms with E-state index in [0.29, 0.717) is 5.92 Å². The minimum Gasteiger partial charge on any atom is -0.381 e. The lowest BCUT2D eigenvalue weighted by Crippen LogP contribution is -2.08. The third-order valence-corrected chi connectivity index (χ3v) is 2.75. The lowest BCUT2D eigenvalue weighted by atomic mass is 10.1. The van der Waals surface area contributed by atoms with Gasteiger partial charge in [0.15, 0.2) is 0 Å². The van der Waals surface area contributed by atoms with Crippen LogP contribution in [0.3, 0.4) is 0 Å². The van der Waals surface area contributed by atoms with Crippen LogP contribution in [0.5, 0.6) is 0 Å².